The van der Waals surface area contributed by atoms with Gasteiger partial charge in [-0.15, -0.1) is 0 Å². The van der Waals surface area contributed by atoms with Gasteiger partial charge in [-0.2, -0.15) is 0 Å². The van der Waals surface area contributed by atoms with E-state index in [9.17, 15) is 14.0 Å². The summed E-state index contributed by atoms with van der Waals surface area (Å²) < 4.78 is 14.4. The fourth-order valence-corrected chi connectivity index (χ4v) is 6.23. The van der Waals surface area contributed by atoms with Crippen LogP contribution in [0.1, 0.15) is 50.3 Å². The number of nitrogens with two attached hydrogens (primary N) is 1. The highest BCUT2D eigenvalue weighted by Crippen LogP contribution is 2.32. The zero-order valence-corrected chi connectivity index (χ0v) is 24.9. The van der Waals surface area contributed by atoms with Gasteiger partial charge in [0.2, 0.25) is 11.8 Å². The van der Waals surface area contributed by atoms with Crippen molar-refractivity contribution in [1.82, 2.24) is 15.1 Å². The molecule has 2 aliphatic heterocycles. The van der Waals surface area contributed by atoms with Crippen LogP contribution in [0.25, 0.3) is 0 Å². The third-order valence-electron chi connectivity index (χ3n) is 7.74. The van der Waals surface area contributed by atoms with E-state index in [1.54, 1.807) is 23.1 Å². The lowest BCUT2D eigenvalue weighted by atomic mass is 9.94. The summed E-state index contributed by atoms with van der Waals surface area (Å²) in [5.74, 6) is 0.0804. The highest BCUT2D eigenvalue weighted by molar-refractivity contribution is 6.35. The van der Waals surface area contributed by atoms with Crippen LogP contribution in [0.2, 0.25) is 10.0 Å². The molecule has 0 radical (unpaired) electrons. The van der Waals surface area contributed by atoms with Gasteiger partial charge < -0.3 is 25.8 Å². The van der Waals surface area contributed by atoms with Crippen LogP contribution in [0, 0.1) is 11.7 Å². The van der Waals surface area contributed by atoms with Crippen LogP contribution < -0.4 is 16.0 Å². The summed E-state index contributed by atoms with van der Waals surface area (Å²) in [6.45, 7) is 8.24. The number of rotatable bonds is 11. The van der Waals surface area contributed by atoms with Crippen molar-refractivity contribution in [3.05, 3.63) is 63.4 Å². The number of amides is 2. The zero-order valence-electron chi connectivity index (χ0n) is 23.3. The van der Waals surface area contributed by atoms with Crippen molar-refractivity contribution in [3.63, 3.8) is 0 Å². The fraction of sp³-hybridized carbons (Fsp3) is 0.533. The van der Waals surface area contributed by atoms with Gasteiger partial charge in [-0.25, -0.2) is 4.39 Å². The van der Waals surface area contributed by atoms with E-state index < -0.39 is 6.04 Å². The van der Waals surface area contributed by atoms with E-state index in [-0.39, 0.29) is 23.7 Å². The smallest absolute Gasteiger partial charge is 0.245 e. The number of halogens is 3. The molecule has 0 aromatic heterocycles. The molecule has 0 saturated carbocycles. The van der Waals surface area contributed by atoms with Gasteiger partial charge in [0.05, 0.1) is 0 Å². The maximum Gasteiger partial charge on any atom is 0.245 e. The molecule has 2 amide bonds. The molecule has 2 aromatic carbocycles. The van der Waals surface area contributed by atoms with Crippen LogP contribution in [0.5, 0.6) is 0 Å². The number of hydrogen-bond acceptors (Lipinski definition) is 5. The number of benzene rings is 2. The van der Waals surface area contributed by atoms with Crippen LogP contribution >= 0.6 is 23.2 Å². The predicted molar refractivity (Wildman–Crippen MR) is 159 cm³/mol. The Balaban J connectivity index is 1.51. The van der Waals surface area contributed by atoms with Crippen molar-refractivity contribution >= 4 is 40.7 Å². The minimum atomic E-state index is -0.613. The summed E-state index contributed by atoms with van der Waals surface area (Å²) in [5.41, 5.74) is 8.44. The summed E-state index contributed by atoms with van der Waals surface area (Å²) in [4.78, 5) is 32.4. The maximum atomic E-state index is 14.4. The molecule has 2 saturated heterocycles. The third-order valence-corrected chi connectivity index (χ3v) is 8.33. The molecule has 3 N–H and O–H groups in total. The van der Waals surface area contributed by atoms with Crippen LogP contribution in [-0.2, 0) is 16.0 Å². The topological polar surface area (TPSA) is 81.9 Å². The molecule has 2 aromatic rings. The van der Waals surface area contributed by atoms with Crippen LogP contribution in [0.4, 0.5) is 10.1 Å². The number of anilines is 1. The molecule has 2 heterocycles. The molecule has 0 aliphatic carbocycles. The van der Waals surface area contributed by atoms with Gasteiger partial charge in [0, 0.05) is 80.4 Å². The lowest BCUT2D eigenvalue weighted by molar-refractivity contribution is -0.143. The molecule has 2 fully saturated rings. The standard InChI is InChI=1S/C30H40Cl2FN5O2/c1-20(2)16-26(35-10-9-34)24-19-23(33)7-8-27(24)36-12-14-37(15-13-36)30(40)28(38-11-3-4-29(38)39)17-21-5-6-22(31)18-25(21)32/h5-8,18-20,26,28,35H,3-4,9-17,34H2,1-2H3. The first kappa shape index (κ1) is 30.6. The first-order valence-corrected chi connectivity index (χ1v) is 14.9. The van der Waals surface area contributed by atoms with Gasteiger partial charge >= 0.3 is 0 Å². The molecule has 40 heavy (non-hydrogen) atoms. The highest BCUT2D eigenvalue weighted by atomic mass is 35.5. The lowest BCUT2D eigenvalue weighted by Crippen LogP contribution is -2.56. The molecule has 218 valence electrons. The monoisotopic (exact) mass is 591 g/mol. The van der Waals surface area contributed by atoms with Crippen molar-refractivity contribution in [2.24, 2.45) is 11.7 Å². The average Bonchev–Trinajstić information content (AvgIpc) is 3.35. The molecular weight excluding hydrogens is 552 g/mol. The van der Waals surface area contributed by atoms with E-state index in [1.807, 2.05) is 17.0 Å². The number of nitrogens with zero attached hydrogens (tertiary/aromatic N) is 3. The first-order valence-electron chi connectivity index (χ1n) is 14.2. The minimum absolute atomic E-state index is 0.000741. The molecule has 2 atom stereocenters. The summed E-state index contributed by atoms with van der Waals surface area (Å²) in [7, 11) is 0. The van der Waals surface area contributed by atoms with E-state index >= 15 is 0 Å². The van der Waals surface area contributed by atoms with Crippen LogP contribution in [-0.4, -0.2) is 73.5 Å². The zero-order chi connectivity index (χ0) is 28.8. The SMILES string of the molecule is CC(C)CC(NCCN)c1cc(F)ccc1N1CCN(C(=O)C(Cc2ccc(Cl)cc2Cl)N2CCCC2=O)CC1. The first-order chi connectivity index (χ1) is 19.2. The largest absolute Gasteiger partial charge is 0.368 e. The number of hydrogen-bond donors (Lipinski definition) is 2. The summed E-state index contributed by atoms with van der Waals surface area (Å²) in [5, 5.41) is 4.51. The highest BCUT2D eigenvalue weighted by Gasteiger charge is 2.37. The van der Waals surface area contributed by atoms with Crippen molar-refractivity contribution in [3.8, 4) is 0 Å². The number of carbonyl (C=O) groups excluding carboxylic acids is 2. The molecule has 2 aliphatic rings. The van der Waals surface area contributed by atoms with Gasteiger partial charge in [0.25, 0.3) is 0 Å². The van der Waals surface area contributed by atoms with E-state index in [0.717, 1.165) is 29.7 Å². The fourth-order valence-electron chi connectivity index (χ4n) is 5.75. The normalized spacial score (nSPS) is 17.6. The van der Waals surface area contributed by atoms with Crippen molar-refractivity contribution in [2.45, 2.75) is 51.6 Å². The number of piperazine rings is 1. The number of nitrogens with one attached hydrogen (secondary N) is 1. The van der Waals surface area contributed by atoms with Crippen LogP contribution in [0.15, 0.2) is 36.4 Å². The Labute approximate surface area is 246 Å². The molecule has 0 spiro atoms. The molecule has 10 heteroatoms. The second-order valence-electron chi connectivity index (χ2n) is 11.1. The van der Waals surface area contributed by atoms with Crippen LogP contribution in [0.3, 0.4) is 0 Å². The quantitative estimate of drug-likeness (QED) is 0.397. The summed E-state index contributed by atoms with van der Waals surface area (Å²) in [6.07, 6.45) is 2.39. The van der Waals surface area contributed by atoms with Gasteiger partial charge in [-0.1, -0.05) is 43.1 Å². The Kier molecular flexibility index (Phi) is 10.7. The maximum absolute atomic E-state index is 14.4. The Morgan fingerprint density at radius 2 is 1.82 bits per heavy atom. The van der Waals surface area contributed by atoms with E-state index in [2.05, 4.69) is 24.1 Å². The molecule has 4 rings (SSSR count). The van der Waals surface area contributed by atoms with Gasteiger partial charge in [-0.3, -0.25) is 9.59 Å². The second-order valence-corrected chi connectivity index (χ2v) is 11.9. The predicted octanol–water partition coefficient (Wildman–Crippen LogP) is 4.65. The molecule has 0 bridgehead atoms. The van der Waals surface area contributed by atoms with E-state index in [4.69, 9.17) is 28.9 Å². The number of likely N-dealkylation sites (tertiary alicyclic amines) is 1. The van der Waals surface area contributed by atoms with Crippen molar-refractivity contribution in [2.75, 3.05) is 50.7 Å². The number of carbonyl (C=O) groups is 2. The van der Waals surface area contributed by atoms with Crippen molar-refractivity contribution < 1.29 is 14.0 Å². The molecule has 2 unspecified atom stereocenters. The van der Waals surface area contributed by atoms with Crippen molar-refractivity contribution in [1.29, 1.82) is 0 Å². The molecule has 7 nitrogen and oxygen atoms in total. The second kappa shape index (κ2) is 14.0. The lowest BCUT2D eigenvalue weighted by Gasteiger charge is -2.40. The Morgan fingerprint density at radius 3 is 2.45 bits per heavy atom. The minimum Gasteiger partial charge on any atom is -0.368 e. The van der Waals surface area contributed by atoms with E-state index in [1.165, 1.54) is 6.07 Å². The van der Waals surface area contributed by atoms with Gasteiger partial charge in [0.15, 0.2) is 0 Å². The summed E-state index contributed by atoms with van der Waals surface area (Å²) in [6, 6.07) is 9.56. The Morgan fingerprint density at radius 1 is 1.07 bits per heavy atom. The Hall–Kier alpha value is -2.39. The molecular formula is C30H40Cl2FN5O2. The Bertz CT molecular complexity index is 1190. The van der Waals surface area contributed by atoms with E-state index in [0.29, 0.717) is 74.6 Å². The third kappa shape index (κ3) is 7.46. The van der Waals surface area contributed by atoms with Gasteiger partial charge in [0.1, 0.15) is 11.9 Å². The van der Waals surface area contributed by atoms with Gasteiger partial charge in [-0.05, 0) is 60.2 Å². The average molecular weight is 593 g/mol. The summed E-state index contributed by atoms with van der Waals surface area (Å²) >= 11 is 12.5.